The van der Waals surface area contributed by atoms with E-state index in [2.05, 4.69) is 22.3 Å². The van der Waals surface area contributed by atoms with Crippen LogP contribution >= 0.6 is 24.0 Å². The summed E-state index contributed by atoms with van der Waals surface area (Å²) in [5.74, 6) is 1.23. The predicted molar refractivity (Wildman–Crippen MR) is 127 cm³/mol. The fraction of sp³-hybridized carbons (Fsp3) is 0.381. The number of methoxy groups -OCH3 is 1. The molecule has 28 heavy (non-hydrogen) atoms. The summed E-state index contributed by atoms with van der Waals surface area (Å²) in [6.07, 6.45) is 0. The number of nitrogens with one attached hydrogen (secondary N) is 1. The first-order chi connectivity index (χ1) is 13.1. The van der Waals surface area contributed by atoms with Crippen LogP contribution in [0.4, 0.5) is 5.69 Å². The van der Waals surface area contributed by atoms with Crippen molar-refractivity contribution in [2.24, 2.45) is 10.7 Å². The molecule has 0 aliphatic heterocycles. The summed E-state index contributed by atoms with van der Waals surface area (Å²) in [6.45, 7) is 5.64. The van der Waals surface area contributed by atoms with Crippen LogP contribution in [0, 0.1) is 6.92 Å². The van der Waals surface area contributed by atoms with Crippen LogP contribution < -0.4 is 15.8 Å². The van der Waals surface area contributed by atoms with Crippen LogP contribution in [0.25, 0.3) is 0 Å². The van der Waals surface area contributed by atoms with E-state index in [0.29, 0.717) is 19.1 Å². The zero-order chi connectivity index (χ0) is 19.5. The van der Waals surface area contributed by atoms with Gasteiger partial charge in [-0.05, 0) is 43.8 Å². The van der Waals surface area contributed by atoms with Crippen molar-refractivity contribution < 1.29 is 9.47 Å². The number of benzene rings is 2. The highest BCUT2D eigenvalue weighted by Crippen LogP contribution is 2.14. The zero-order valence-electron chi connectivity index (χ0n) is 16.9. The Morgan fingerprint density at radius 2 is 1.82 bits per heavy atom. The molecule has 0 aliphatic carbocycles. The lowest BCUT2D eigenvalue weighted by Gasteiger charge is -2.16. The smallest absolute Gasteiger partial charge is 0.193 e. The molecule has 0 unspecified atom stereocenters. The molecule has 0 spiro atoms. The fourth-order valence-electron chi connectivity index (χ4n) is 2.41. The highest BCUT2D eigenvalue weighted by atomic mass is 127. The molecule has 0 fully saturated rings. The summed E-state index contributed by atoms with van der Waals surface area (Å²) in [7, 11) is 3.76. The van der Waals surface area contributed by atoms with Crippen molar-refractivity contribution in [2.45, 2.75) is 13.5 Å². The summed E-state index contributed by atoms with van der Waals surface area (Å²) < 4.78 is 10.9. The number of anilines is 1. The van der Waals surface area contributed by atoms with E-state index in [1.54, 1.807) is 7.11 Å². The van der Waals surface area contributed by atoms with Crippen LogP contribution in [-0.4, -0.2) is 51.3 Å². The number of guanidine groups is 1. The highest BCUT2D eigenvalue weighted by Gasteiger charge is 2.01. The van der Waals surface area contributed by atoms with Gasteiger partial charge in [-0.2, -0.15) is 0 Å². The second kappa shape index (κ2) is 13.4. The topological polar surface area (TPSA) is 72.1 Å². The van der Waals surface area contributed by atoms with Crippen molar-refractivity contribution in [3.8, 4) is 5.75 Å². The zero-order valence-corrected chi connectivity index (χ0v) is 19.2. The molecular formula is C21H31IN4O2. The van der Waals surface area contributed by atoms with Crippen LogP contribution in [0.1, 0.15) is 11.1 Å². The van der Waals surface area contributed by atoms with Crippen molar-refractivity contribution in [2.75, 3.05) is 45.8 Å². The van der Waals surface area contributed by atoms with E-state index in [4.69, 9.17) is 15.2 Å². The van der Waals surface area contributed by atoms with Gasteiger partial charge in [-0.25, -0.2) is 4.99 Å². The molecule has 0 aliphatic rings. The Morgan fingerprint density at radius 1 is 1.11 bits per heavy atom. The molecule has 3 N–H and O–H groups in total. The first-order valence-electron chi connectivity index (χ1n) is 9.09. The van der Waals surface area contributed by atoms with Crippen molar-refractivity contribution in [1.82, 2.24) is 4.90 Å². The Labute approximate surface area is 185 Å². The molecule has 0 bridgehead atoms. The summed E-state index contributed by atoms with van der Waals surface area (Å²) in [6, 6.07) is 16.0. The maximum atomic E-state index is 5.97. The molecule has 0 saturated carbocycles. The van der Waals surface area contributed by atoms with E-state index < -0.39 is 0 Å². The fourth-order valence-corrected chi connectivity index (χ4v) is 2.41. The van der Waals surface area contributed by atoms with Gasteiger partial charge in [-0.3, -0.25) is 0 Å². The minimum atomic E-state index is 0. The van der Waals surface area contributed by atoms with Gasteiger partial charge in [-0.1, -0.05) is 29.8 Å². The molecule has 0 saturated heterocycles. The van der Waals surface area contributed by atoms with Crippen LogP contribution in [-0.2, 0) is 11.3 Å². The van der Waals surface area contributed by atoms with Gasteiger partial charge in [0.15, 0.2) is 5.96 Å². The first kappa shape index (κ1) is 24.2. The third-order valence-electron chi connectivity index (χ3n) is 4.07. The summed E-state index contributed by atoms with van der Waals surface area (Å²) in [5.41, 5.74) is 9.16. The minimum absolute atomic E-state index is 0. The molecule has 7 heteroatoms. The maximum Gasteiger partial charge on any atom is 0.193 e. The predicted octanol–water partition coefficient (Wildman–Crippen LogP) is 3.50. The summed E-state index contributed by atoms with van der Waals surface area (Å²) >= 11 is 0. The second-order valence-corrected chi connectivity index (χ2v) is 6.48. The van der Waals surface area contributed by atoms with Gasteiger partial charge in [0.2, 0.25) is 0 Å². The number of hydrogen-bond acceptors (Lipinski definition) is 4. The standard InChI is InChI=1S/C21H30N4O2.HI/c1-17-7-9-19(10-8-17)24-21(22)23-16-18-5-4-6-20(15-18)27-14-12-25(2)11-13-26-3;/h4-10,15H,11-14,16H2,1-3H3,(H3,22,23,24);1H. The van der Waals surface area contributed by atoms with Crippen LogP contribution in [0.5, 0.6) is 5.75 Å². The average molecular weight is 498 g/mol. The SMILES string of the molecule is COCCN(C)CCOc1cccc(CN=C(N)Nc2ccc(C)cc2)c1.I. The molecule has 0 amide bonds. The van der Waals surface area contributed by atoms with Gasteiger partial charge in [-0.15, -0.1) is 24.0 Å². The van der Waals surface area contributed by atoms with Crippen molar-refractivity contribution in [3.05, 3.63) is 59.7 Å². The van der Waals surface area contributed by atoms with Crippen LogP contribution in [0.2, 0.25) is 0 Å². The van der Waals surface area contributed by atoms with E-state index in [1.165, 1.54) is 5.56 Å². The van der Waals surface area contributed by atoms with Gasteiger partial charge in [0.05, 0.1) is 13.2 Å². The number of nitrogens with two attached hydrogens (primary N) is 1. The van der Waals surface area contributed by atoms with Crippen molar-refractivity contribution in [3.63, 3.8) is 0 Å². The van der Waals surface area contributed by atoms with Gasteiger partial charge >= 0.3 is 0 Å². The number of halogens is 1. The molecule has 0 atom stereocenters. The third-order valence-corrected chi connectivity index (χ3v) is 4.07. The number of aliphatic imine (C=N–C) groups is 1. The monoisotopic (exact) mass is 498 g/mol. The molecule has 154 valence electrons. The Morgan fingerprint density at radius 3 is 2.54 bits per heavy atom. The van der Waals surface area contributed by atoms with Gasteiger partial charge in [0, 0.05) is 25.9 Å². The molecule has 2 aromatic carbocycles. The molecule has 0 radical (unpaired) electrons. The number of aryl methyl sites for hydroxylation is 1. The number of rotatable bonds is 10. The normalized spacial score (nSPS) is 11.2. The van der Waals surface area contributed by atoms with Crippen molar-refractivity contribution in [1.29, 1.82) is 0 Å². The second-order valence-electron chi connectivity index (χ2n) is 6.48. The largest absolute Gasteiger partial charge is 0.492 e. The lowest BCUT2D eigenvalue weighted by Crippen LogP contribution is -2.27. The molecule has 0 heterocycles. The lowest BCUT2D eigenvalue weighted by atomic mass is 10.2. The number of ether oxygens (including phenoxy) is 2. The van der Waals surface area contributed by atoms with Crippen LogP contribution in [0.3, 0.4) is 0 Å². The van der Waals surface area contributed by atoms with Gasteiger partial charge in [0.1, 0.15) is 12.4 Å². The average Bonchev–Trinajstić information content (AvgIpc) is 2.67. The maximum absolute atomic E-state index is 5.97. The van der Waals surface area contributed by atoms with E-state index in [-0.39, 0.29) is 24.0 Å². The first-order valence-corrected chi connectivity index (χ1v) is 9.09. The Bertz CT molecular complexity index is 723. The summed E-state index contributed by atoms with van der Waals surface area (Å²) in [5, 5.41) is 3.10. The summed E-state index contributed by atoms with van der Waals surface area (Å²) in [4.78, 5) is 6.58. The number of likely N-dealkylation sites (N-methyl/N-ethyl adjacent to an activating group) is 1. The lowest BCUT2D eigenvalue weighted by molar-refractivity contribution is 0.150. The number of hydrogen-bond donors (Lipinski definition) is 2. The van der Waals surface area contributed by atoms with E-state index >= 15 is 0 Å². The molecule has 2 aromatic rings. The Balaban J connectivity index is 0.00000392. The molecule has 2 rings (SSSR count). The Kier molecular flexibility index (Phi) is 11.5. The van der Waals surface area contributed by atoms with Crippen molar-refractivity contribution >= 4 is 35.6 Å². The third kappa shape index (κ3) is 9.38. The quantitative estimate of drug-likeness (QED) is 0.298. The van der Waals surface area contributed by atoms with Gasteiger partial charge < -0.3 is 25.4 Å². The Hall–Kier alpha value is -1.84. The molecule has 6 nitrogen and oxygen atoms in total. The number of nitrogens with zero attached hydrogens (tertiary/aromatic N) is 2. The van der Waals surface area contributed by atoms with E-state index in [0.717, 1.165) is 36.7 Å². The highest BCUT2D eigenvalue weighted by molar-refractivity contribution is 14.0. The van der Waals surface area contributed by atoms with E-state index in [9.17, 15) is 0 Å². The van der Waals surface area contributed by atoms with Gasteiger partial charge in [0.25, 0.3) is 0 Å². The molecule has 0 aromatic heterocycles. The minimum Gasteiger partial charge on any atom is -0.492 e. The van der Waals surface area contributed by atoms with Crippen LogP contribution in [0.15, 0.2) is 53.5 Å². The van der Waals surface area contributed by atoms with E-state index in [1.807, 2.05) is 55.5 Å². The molecular weight excluding hydrogens is 467 g/mol.